The van der Waals surface area contributed by atoms with E-state index in [9.17, 15) is 12.8 Å². The van der Waals surface area contributed by atoms with Crippen molar-refractivity contribution < 1.29 is 17.4 Å². The lowest BCUT2D eigenvalue weighted by Gasteiger charge is -2.12. The highest BCUT2D eigenvalue weighted by Gasteiger charge is 2.20. The molecule has 0 saturated heterocycles. The zero-order valence-electron chi connectivity index (χ0n) is 10.0. The maximum atomic E-state index is 14.0. The van der Waals surface area contributed by atoms with E-state index in [1.165, 1.54) is 6.07 Å². The van der Waals surface area contributed by atoms with Crippen molar-refractivity contribution in [2.24, 2.45) is 0 Å². The summed E-state index contributed by atoms with van der Waals surface area (Å²) in [6.07, 6.45) is -1.76. The van der Waals surface area contributed by atoms with Gasteiger partial charge in [0.2, 0.25) is 0 Å². The number of benzene rings is 2. The summed E-state index contributed by atoms with van der Waals surface area (Å²) in [6.45, 7) is 0. The fraction of sp³-hybridized carbons (Fsp3) is 0.143. The predicted octanol–water partition coefficient (Wildman–Crippen LogP) is 3.25. The van der Waals surface area contributed by atoms with Crippen LogP contribution in [0.5, 0.6) is 0 Å². The van der Waals surface area contributed by atoms with Crippen LogP contribution in [-0.2, 0) is 10.1 Å². The molecule has 0 aliphatic heterocycles. The Labute approximate surface area is 111 Å². The first-order valence-electron chi connectivity index (χ1n) is 5.71. The van der Waals surface area contributed by atoms with E-state index in [0.717, 1.165) is 5.56 Å². The molecular formula is C14H13FO3S. The van der Waals surface area contributed by atoms with E-state index in [1.54, 1.807) is 18.2 Å². The monoisotopic (exact) mass is 280 g/mol. The van der Waals surface area contributed by atoms with E-state index in [1.807, 2.05) is 30.3 Å². The van der Waals surface area contributed by atoms with E-state index < -0.39 is 22.0 Å². The summed E-state index contributed by atoms with van der Waals surface area (Å²) in [5.41, 5.74) is 1.68. The van der Waals surface area contributed by atoms with Crippen molar-refractivity contribution in [2.75, 3.05) is 5.75 Å². The standard InChI is InChI=1S/C14H13FO3S/c15-14(10-19(16,17)18)13-9-5-4-8-12(13)11-6-2-1-3-7-11/h1-9,14H,10H2,(H,16,17,18). The van der Waals surface area contributed by atoms with Gasteiger partial charge >= 0.3 is 0 Å². The molecule has 1 N–H and O–H groups in total. The van der Waals surface area contributed by atoms with Gasteiger partial charge in [0, 0.05) is 0 Å². The minimum Gasteiger partial charge on any atom is -0.285 e. The van der Waals surface area contributed by atoms with Crippen LogP contribution in [0, 0.1) is 0 Å². The third-order valence-corrected chi connectivity index (χ3v) is 3.45. The highest BCUT2D eigenvalue weighted by atomic mass is 32.2. The van der Waals surface area contributed by atoms with Gasteiger partial charge in [-0.2, -0.15) is 8.42 Å². The van der Waals surface area contributed by atoms with Crippen molar-refractivity contribution in [2.45, 2.75) is 6.17 Å². The molecule has 0 fully saturated rings. The second kappa shape index (κ2) is 5.50. The minimum atomic E-state index is -4.35. The Morgan fingerprint density at radius 1 is 1.00 bits per heavy atom. The van der Waals surface area contributed by atoms with Gasteiger partial charge in [0.25, 0.3) is 10.1 Å². The maximum Gasteiger partial charge on any atom is 0.268 e. The Morgan fingerprint density at radius 2 is 1.58 bits per heavy atom. The van der Waals surface area contributed by atoms with Gasteiger partial charge in [0.05, 0.1) is 0 Å². The lowest BCUT2D eigenvalue weighted by molar-refractivity contribution is 0.364. The Bertz CT molecular complexity index is 653. The number of hydrogen-bond acceptors (Lipinski definition) is 2. The predicted molar refractivity (Wildman–Crippen MR) is 72.1 cm³/mol. The zero-order valence-corrected chi connectivity index (χ0v) is 10.8. The van der Waals surface area contributed by atoms with Crippen LogP contribution in [0.2, 0.25) is 0 Å². The van der Waals surface area contributed by atoms with Gasteiger partial charge < -0.3 is 0 Å². The van der Waals surface area contributed by atoms with Crippen LogP contribution in [0.1, 0.15) is 11.7 Å². The molecular weight excluding hydrogens is 267 g/mol. The molecule has 1 atom stereocenters. The molecule has 0 aliphatic rings. The van der Waals surface area contributed by atoms with Gasteiger partial charge in [-0.25, -0.2) is 4.39 Å². The van der Waals surface area contributed by atoms with Crippen molar-refractivity contribution in [3.8, 4) is 11.1 Å². The highest BCUT2D eigenvalue weighted by Crippen LogP contribution is 2.30. The molecule has 1 unspecified atom stereocenters. The van der Waals surface area contributed by atoms with Crippen molar-refractivity contribution >= 4 is 10.1 Å². The van der Waals surface area contributed by atoms with Crippen LogP contribution in [0.15, 0.2) is 54.6 Å². The van der Waals surface area contributed by atoms with E-state index >= 15 is 0 Å². The normalized spacial score (nSPS) is 13.2. The smallest absolute Gasteiger partial charge is 0.268 e. The SMILES string of the molecule is O=S(=O)(O)CC(F)c1ccccc1-c1ccccc1. The van der Waals surface area contributed by atoms with Crippen molar-refractivity contribution in [3.05, 3.63) is 60.2 Å². The second-order valence-electron chi connectivity index (χ2n) is 4.17. The van der Waals surface area contributed by atoms with Crippen molar-refractivity contribution in [1.29, 1.82) is 0 Å². The van der Waals surface area contributed by atoms with E-state index in [-0.39, 0.29) is 5.56 Å². The Hall–Kier alpha value is -1.72. The third kappa shape index (κ3) is 3.62. The Kier molecular flexibility index (Phi) is 3.97. The molecule has 2 aromatic carbocycles. The Balaban J connectivity index is 2.42. The lowest BCUT2D eigenvalue weighted by atomic mass is 9.97. The van der Waals surface area contributed by atoms with E-state index in [4.69, 9.17) is 4.55 Å². The number of hydrogen-bond donors (Lipinski definition) is 1. The second-order valence-corrected chi connectivity index (χ2v) is 5.67. The van der Waals surface area contributed by atoms with Gasteiger partial charge in [-0.15, -0.1) is 0 Å². The average Bonchev–Trinajstić information content (AvgIpc) is 2.38. The molecule has 2 aromatic rings. The Morgan fingerprint density at radius 3 is 2.21 bits per heavy atom. The molecule has 3 nitrogen and oxygen atoms in total. The first-order chi connectivity index (χ1) is 8.97. The van der Waals surface area contributed by atoms with Gasteiger partial charge in [0.1, 0.15) is 11.9 Å². The van der Waals surface area contributed by atoms with Crippen LogP contribution < -0.4 is 0 Å². The molecule has 0 radical (unpaired) electrons. The fourth-order valence-corrected chi connectivity index (χ4v) is 2.47. The number of alkyl halides is 1. The lowest BCUT2D eigenvalue weighted by Crippen LogP contribution is -2.11. The maximum absolute atomic E-state index is 14.0. The van der Waals surface area contributed by atoms with Gasteiger partial charge in [-0.1, -0.05) is 54.6 Å². The average molecular weight is 280 g/mol. The molecule has 0 bridgehead atoms. The summed E-state index contributed by atoms with van der Waals surface area (Å²) in [6, 6.07) is 15.8. The molecule has 100 valence electrons. The molecule has 5 heteroatoms. The topological polar surface area (TPSA) is 54.4 Å². The van der Waals surface area contributed by atoms with E-state index in [0.29, 0.717) is 5.56 Å². The van der Waals surface area contributed by atoms with Gasteiger partial charge in [-0.3, -0.25) is 4.55 Å². The molecule has 0 heterocycles. The van der Waals surface area contributed by atoms with Crippen molar-refractivity contribution in [1.82, 2.24) is 0 Å². The first kappa shape index (κ1) is 13.7. The fourth-order valence-electron chi connectivity index (χ4n) is 1.93. The summed E-state index contributed by atoms with van der Waals surface area (Å²) in [5.74, 6) is -0.934. The molecule has 0 aliphatic carbocycles. The van der Waals surface area contributed by atoms with Crippen LogP contribution in [0.3, 0.4) is 0 Å². The highest BCUT2D eigenvalue weighted by molar-refractivity contribution is 7.85. The molecule has 2 rings (SSSR count). The zero-order chi connectivity index (χ0) is 13.9. The first-order valence-corrected chi connectivity index (χ1v) is 7.32. The van der Waals surface area contributed by atoms with Gasteiger partial charge in [0.15, 0.2) is 0 Å². The molecule has 0 saturated carbocycles. The molecule has 0 amide bonds. The van der Waals surface area contributed by atoms with Crippen molar-refractivity contribution in [3.63, 3.8) is 0 Å². The third-order valence-electron chi connectivity index (χ3n) is 2.74. The van der Waals surface area contributed by atoms with Crippen LogP contribution >= 0.6 is 0 Å². The summed E-state index contributed by atoms with van der Waals surface area (Å²) < 4.78 is 44.3. The minimum absolute atomic E-state index is 0.256. The van der Waals surface area contributed by atoms with Crippen LogP contribution in [0.25, 0.3) is 11.1 Å². The number of halogens is 1. The molecule has 0 spiro atoms. The summed E-state index contributed by atoms with van der Waals surface area (Å²) in [4.78, 5) is 0. The van der Waals surface area contributed by atoms with Gasteiger partial charge in [-0.05, 0) is 16.7 Å². The molecule has 0 aromatic heterocycles. The quantitative estimate of drug-likeness (QED) is 0.875. The van der Waals surface area contributed by atoms with Crippen LogP contribution in [-0.4, -0.2) is 18.7 Å². The largest absolute Gasteiger partial charge is 0.285 e. The van der Waals surface area contributed by atoms with Crippen LogP contribution in [0.4, 0.5) is 4.39 Å². The summed E-state index contributed by atoms with van der Waals surface area (Å²) >= 11 is 0. The van der Waals surface area contributed by atoms with E-state index in [2.05, 4.69) is 0 Å². The summed E-state index contributed by atoms with van der Waals surface area (Å²) in [5, 5.41) is 0. The molecule has 19 heavy (non-hydrogen) atoms. The number of rotatable bonds is 4. The summed E-state index contributed by atoms with van der Waals surface area (Å²) in [7, 11) is -4.35.